The summed E-state index contributed by atoms with van der Waals surface area (Å²) < 4.78 is 0. The summed E-state index contributed by atoms with van der Waals surface area (Å²) >= 11 is 6.09. The summed E-state index contributed by atoms with van der Waals surface area (Å²) in [4.78, 5) is 0. The molecule has 0 bridgehead atoms. The van der Waals surface area contributed by atoms with Crippen LogP contribution in [0.4, 0.5) is 0 Å². The molecule has 0 amide bonds. The lowest BCUT2D eigenvalue weighted by Crippen LogP contribution is -2.36. The summed E-state index contributed by atoms with van der Waals surface area (Å²) in [6, 6.07) is 9.25. The van der Waals surface area contributed by atoms with Gasteiger partial charge < -0.3 is 10.6 Å². The van der Waals surface area contributed by atoms with E-state index in [4.69, 9.17) is 11.6 Å². The van der Waals surface area contributed by atoms with Crippen LogP contribution < -0.4 is 10.6 Å². The summed E-state index contributed by atoms with van der Waals surface area (Å²) in [5.74, 6) is 0. The van der Waals surface area contributed by atoms with Crippen LogP contribution in [0, 0.1) is 0 Å². The van der Waals surface area contributed by atoms with E-state index in [2.05, 4.69) is 23.6 Å². The highest BCUT2D eigenvalue weighted by molar-refractivity contribution is 6.31. The zero-order valence-electron chi connectivity index (χ0n) is 9.67. The van der Waals surface area contributed by atoms with Gasteiger partial charge in [0.05, 0.1) is 0 Å². The van der Waals surface area contributed by atoms with Gasteiger partial charge in [-0.2, -0.15) is 0 Å². The normalized spacial score (nSPS) is 17.4. The minimum Gasteiger partial charge on any atom is -0.312 e. The Labute approximate surface area is 102 Å². The van der Waals surface area contributed by atoms with Gasteiger partial charge in [0.25, 0.3) is 0 Å². The molecule has 1 aliphatic carbocycles. The minimum absolute atomic E-state index is 0.483. The van der Waals surface area contributed by atoms with Crippen molar-refractivity contribution in [3.05, 3.63) is 34.9 Å². The molecule has 1 unspecified atom stereocenters. The van der Waals surface area contributed by atoms with Crippen LogP contribution >= 0.6 is 11.6 Å². The van der Waals surface area contributed by atoms with Gasteiger partial charge in [-0.3, -0.25) is 0 Å². The van der Waals surface area contributed by atoms with E-state index in [-0.39, 0.29) is 0 Å². The molecular weight excluding hydrogens is 220 g/mol. The second-order valence-electron chi connectivity index (χ2n) is 4.56. The monoisotopic (exact) mass is 238 g/mol. The van der Waals surface area contributed by atoms with Crippen LogP contribution in [0.15, 0.2) is 24.3 Å². The number of hydrogen-bond donors (Lipinski definition) is 2. The third-order valence-corrected chi connectivity index (χ3v) is 3.26. The molecule has 1 aromatic rings. The predicted molar refractivity (Wildman–Crippen MR) is 68.8 cm³/mol. The maximum atomic E-state index is 6.09. The van der Waals surface area contributed by atoms with Gasteiger partial charge in [-0.05, 0) is 31.4 Å². The van der Waals surface area contributed by atoms with Crippen LogP contribution in [0.1, 0.15) is 25.3 Å². The van der Waals surface area contributed by atoms with Crippen molar-refractivity contribution in [3.8, 4) is 0 Å². The third-order valence-electron chi connectivity index (χ3n) is 2.89. The average molecular weight is 239 g/mol. The molecule has 0 aromatic heterocycles. The lowest BCUT2D eigenvalue weighted by molar-refractivity contribution is 0.500. The van der Waals surface area contributed by atoms with E-state index in [1.807, 2.05) is 18.2 Å². The van der Waals surface area contributed by atoms with Crippen LogP contribution in [0.5, 0.6) is 0 Å². The van der Waals surface area contributed by atoms with Crippen molar-refractivity contribution in [2.45, 2.75) is 38.4 Å². The van der Waals surface area contributed by atoms with Gasteiger partial charge in [-0.15, -0.1) is 0 Å². The van der Waals surface area contributed by atoms with Crippen molar-refractivity contribution in [1.82, 2.24) is 10.6 Å². The molecule has 0 radical (unpaired) electrons. The quantitative estimate of drug-likeness (QED) is 0.796. The first-order chi connectivity index (χ1) is 7.75. The molecule has 2 N–H and O–H groups in total. The van der Waals surface area contributed by atoms with Crippen molar-refractivity contribution in [1.29, 1.82) is 0 Å². The largest absolute Gasteiger partial charge is 0.312 e. The van der Waals surface area contributed by atoms with Crippen LogP contribution in [-0.4, -0.2) is 18.6 Å². The van der Waals surface area contributed by atoms with Crippen LogP contribution in [0.3, 0.4) is 0 Å². The highest BCUT2D eigenvalue weighted by Crippen LogP contribution is 2.18. The molecule has 88 valence electrons. The summed E-state index contributed by atoms with van der Waals surface area (Å²) in [5.41, 5.74) is 1.17. The summed E-state index contributed by atoms with van der Waals surface area (Å²) in [6.45, 7) is 4.08. The van der Waals surface area contributed by atoms with Crippen LogP contribution in [0.25, 0.3) is 0 Å². The fourth-order valence-corrected chi connectivity index (χ4v) is 1.83. The molecule has 1 fully saturated rings. The van der Waals surface area contributed by atoms with Gasteiger partial charge in [0, 0.05) is 30.2 Å². The summed E-state index contributed by atoms with van der Waals surface area (Å²) in [5, 5.41) is 7.83. The summed E-state index contributed by atoms with van der Waals surface area (Å²) in [6.07, 6.45) is 2.69. The lowest BCUT2D eigenvalue weighted by Gasteiger charge is -2.15. The Kier molecular flexibility index (Phi) is 4.22. The maximum Gasteiger partial charge on any atom is 0.0450 e. The van der Waals surface area contributed by atoms with E-state index in [1.165, 1.54) is 18.4 Å². The number of benzene rings is 1. The standard InChI is InChI=1S/C13H19ClN2/c1-10(8-16-12-6-7-12)15-9-11-4-2-3-5-13(11)14/h2-5,10,12,15-16H,6-9H2,1H3. The predicted octanol–water partition coefficient (Wildman–Crippen LogP) is 2.57. The van der Waals surface area contributed by atoms with E-state index >= 15 is 0 Å². The Balaban J connectivity index is 1.71. The Morgan fingerprint density at radius 3 is 2.81 bits per heavy atom. The first-order valence-corrected chi connectivity index (χ1v) is 6.33. The minimum atomic E-state index is 0.483. The van der Waals surface area contributed by atoms with Crippen molar-refractivity contribution in [2.75, 3.05) is 6.54 Å². The highest BCUT2D eigenvalue weighted by atomic mass is 35.5. The van der Waals surface area contributed by atoms with Gasteiger partial charge >= 0.3 is 0 Å². The zero-order chi connectivity index (χ0) is 11.4. The number of hydrogen-bond acceptors (Lipinski definition) is 2. The molecule has 1 saturated carbocycles. The Hall–Kier alpha value is -0.570. The van der Waals surface area contributed by atoms with Crippen LogP contribution in [-0.2, 0) is 6.54 Å². The SMILES string of the molecule is CC(CNC1CC1)NCc1ccccc1Cl. The maximum absolute atomic E-state index is 6.09. The van der Waals surface area contributed by atoms with E-state index in [1.54, 1.807) is 0 Å². The molecule has 0 spiro atoms. The molecule has 0 aliphatic heterocycles. The zero-order valence-corrected chi connectivity index (χ0v) is 10.4. The molecule has 2 nitrogen and oxygen atoms in total. The fraction of sp³-hybridized carbons (Fsp3) is 0.538. The van der Waals surface area contributed by atoms with Crippen molar-refractivity contribution < 1.29 is 0 Å². The lowest BCUT2D eigenvalue weighted by atomic mass is 10.2. The van der Waals surface area contributed by atoms with E-state index < -0.39 is 0 Å². The number of halogens is 1. The summed E-state index contributed by atoms with van der Waals surface area (Å²) in [7, 11) is 0. The van der Waals surface area contributed by atoms with Crippen molar-refractivity contribution in [3.63, 3.8) is 0 Å². The Morgan fingerprint density at radius 1 is 1.38 bits per heavy atom. The van der Waals surface area contributed by atoms with Gasteiger partial charge in [-0.1, -0.05) is 29.8 Å². The van der Waals surface area contributed by atoms with Gasteiger partial charge in [0.2, 0.25) is 0 Å². The van der Waals surface area contributed by atoms with Crippen molar-refractivity contribution in [2.24, 2.45) is 0 Å². The molecule has 0 saturated heterocycles. The molecule has 1 aromatic carbocycles. The topological polar surface area (TPSA) is 24.1 Å². The number of nitrogens with one attached hydrogen (secondary N) is 2. The molecule has 1 atom stereocenters. The fourth-order valence-electron chi connectivity index (χ4n) is 1.63. The van der Waals surface area contributed by atoms with E-state index in [9.17, 15) is 0 Å². The molecular formula is C13H19ClN2. The Bertz CT molecular complexity index is 336. The molecule has 2 rings (SSSR count). The average Bonchev–Trinajstić information content (AvgIpc) is 3.09. The number of rotatable bonds is 6. The second-order valence-corrected chi connectivity index (χ2v) is 4.96. The Morgan fingerprint density at radius 2 is 2.12 bits per heavy atom. The molecule has 3 heteroatoms. The van der Waals surface area contributed by atoms with Crippen molar-refractivity contribution >= 4 is 11.6 Å². The molecule has 1 aliphatic rings. The molecule has 0 heterocycles. The second kappa shape index (κ2) is 5.67. The third kappa shape index (κ3) is 3.78. The van der Waals surface area contributed by atoms with Gasteiger partial charge in [-0.25, -0.2) is 0 Å². The van der Waals surface area contributed by atoms with E-state index in [0.29, 0.717) is 6.04 Å². The highest BCUT2D eigenvalue weighted by Gasteiger charge is 2.20. The van der Waals surface area contributed by atoms with E-state index in [0.717, 1.165) is 24.2 Å². The smallest absolute Gasteiger partial charge is 0.0450 e. The molecule has 16 heavy (non-hydrogen) atoms. The van der Waals surface area contributed by atoms with Gasteiger partial charge in [0.15, 0.2) is 0 Å². The first-order valence-electron chi connectivity index (χ1n) is 5.96. The van der Waals surface area contributed by atoms with Gasteiger partial charge in [0.1, 0.15) is 0 Å². The first kappa shape index (κ1) is 11.9. The van der Waals surface area contributed by atoms with Crippen LogP contribution in [0.2, 0.25) is 5.02 Å².